The van der Waals surface area contributed by atoms with Crippen molar-refractivity contribution in [1.82, 2.24) is 0 Å². The van der Waals surface area contributed by atoms with E-state index in [9.17, 15) is 0 Å². The molecule has 0 aromatic heterocycles. The smallest absolute Gasteiger partial charge is 0.119 e. The van der Waals surface area contributed by atoms with Crippen LogP contribution in [0.25, 0.3) is 0 Å². The molecule has 2 rings (SSSR count). The van der Waals surface area contributed by atoms with Crippen LogP contribution in [0.4, 0.5) is 5.69 Å². The predicted octanol–water partition coefficient (Wildman–Crippen LogP) is 3.83. The summed E-state index contributed by atoms with van der Waals surface area (Å²) in [5.74, 6) is 0.838. The molecule has 2 N–H and O–H groups in total. The molecule has 0 aliphatic carbocycles. The Morgan fingerprint density at radius 1 is 1.10 bits per heavy atom. The third kappa shape index (κ3) is 3.24. The van der Waals surface area contributed by atoms with Crippen molar-refractivity contribution in [2.45, 2.75) is 13.1 Å². The second-order valence-electron chi connectivity index (χ2n) is 4.48. The maximum atomic E-state index is 6.35. The largest absolute Gasteiger partial charge is 0.497 e. The number of nitrogens with zero attached hydrogens (tertiary/aromatic N) is 1. The van der Waals surface area contributed by atoms with Gasteiger partial charge in [-0.15, -0.1) is 0 Å². The first kappa shape index (κ1) is 14.7. The monoisotopic (exact) mass is 290 g/mol. The van der Waals surface area contributed by atoms with Crippen molar-refractivity contribution in [2.24, 2.45) is 5.73 Å². The minimum Gasteiger partial charge on any atom is -0.497 e. The van der Waals surface area contributed by atoms with Crippen molar-refractivity contribution in [3.63, 3.8) is 0 Å². The van der Waals surface area contributed by atoms with Gasteiger partial charge >= 0.3 is 0 Å². The van der Waals surface area contributed by atoms with Gasteiger partial charge in [0.25, 0.3) is 0 Å². The van der Waals surface area contributed by atoms with E-state index in [0.29, 0.717) is 5.02 Å². The van der Waals surface area contributed by atoms with Gasteiger partial charge in [0, 0.05) is 17.3 Å². The normalized spacial score (nSPS) is 12.0. The van der Waals surface area contributed by atoms with Gasteiger partial charge in [-0.2, -0.15) is 0 Å². The van der Waals surface area contributed by atoms with Crippen molar-refractivity contribution in [1.29, 1.82) is 0 Å². The average Bonchev–Trinajstić information content (AvgIpc) is 2.49. The van der Waals surface area contributed by atoms with Gasteiger partial charge in [-0.3, -0.25) is 0 Å². The minimum absolute atomic E-state index is 0.203. The number of anilines is 1. The fourth-order valence-corrected chi connectivity index (χ4v) is 2.28. The van der Waals surface area contributed by atoms with Gasteiger partial charge in [-0.25, -0.2) is 0 Å². The lowest BCUT2D eigenvalue weighted by molar-refractivity contribution is 0.414. The molecular weight excluding hydrogens is 272 g/mol. The SMILES string of the molecule is CCN(c1ccc(OC)cc1)C(N)c1ccc(Cl)cc1. The van der Waals surface area contributed by atoms with Crippen LogP contribution in [-0.2, 0) is 0 Å². The number of methoxy groups -OCH3 is 1. The number of rotatable bonds is 5. The maximum absolute atomic E-state index is 6.35. The van der Waals surface area contributed by atoms with Crippen LogP contribution in [0.5, 0.6) is 5.75 Å². The summed E-state index contributed by atoms with van der Waals surface area (Å²) in [6.07, 6.45) is -0.203. The highest BCUT2D eigenvalue weighted by atomic mass is 35.5. The molecule has 1 unspecified atom stereocenters. The number of benzene rings is 2. The van der Waals surface area contributed by atoms with Gasteiger partial charge in [-0.05, 0) is 48.9 Å². The molecule has 20 heavy (non-hydrogen) atoms. The molecule has 106 valence electrons. The lowest BCUT2D eigenvalue weighted by atomic mass is 10.1. The summed E-state index contributed by atoms with van der Waals surface area (Å²) in [6.45, 7) is 2.90. The molecule has 0 spiro atoms. The van der Waals surface area contributed by atoms with Crippen LogP contribution in [0.2, 0.25) is 5.02 Å². The fraction of sp³-hybridized carbons (Fsp3) is 0.250. The van der Waals surface area contributed by atoms with E-state index in [1.807, 2.05) is 48.5 Å². The molecule has 2 aromatic carbocycles. The highest BCUT2D eigenvalue weighted by molar-refractivity contribution is 6.30. The van der Waals surface area contributed by atoms with E-state index in [1.54, 1.807) is 7.11 Å². The summed E-state index contributed by atoms with van der Waals surface area (Å²) in [5, 5.41) is 0.716. The molecule has 0 aliphatic rings. The van der Waals surface area contributed by atoms with E-state index < -0.39 is 0 Å². The lowest BCUT2D eigenvalue weighted by Crippen LogP contribution is -2.34. The van der Waals surface area contributed by atoms with Crippen LogP contribution < -0.4 is 15.4 Å². The van der Waals surface area contributed by atoms with Crippen LogP contribution in [0.1, 0.15) is 18.7 Å². The van der Waals surface area contributed by atoms with Crippen LogP contribution in [0, 0.1) is 0 Å². The van der Waals surface area contributed by atoms with Gasteiger partial charge < -0.3 is 15.4 Å². The first-order valence-electron chi connectivity index (χ1n) is 6.57. The fourth-order valence-electron chi connectivity index (χ4n) is 2.15. The van der Waals surface area contributed by atoms with Gasteiger partial charge in [0.1, 0.15) is 11.9 Å². The third-order valence-electron chi connectivity index (χ3n) is 3.29. The number of hydrogen-bond acceptors (Lipinski definition) is 3. The van der Waals surface area contributed by atoms with E-state index in [0.717, 1.165) is 23.5 Å². The Kier molecular flexibility index (Phi) is 4.88. The molecular formula is C16H19ClN2O. The second-order valence-corrected chi connectivity index (χ2v) is 4.92. The standard InChI is InChI=1S/C16H19ClN2O/c1-3-19(14-8-10-15(20-2)11-9-14)16(18)12-4-6-13(17)7-5-12/h4-11,16H,3,18H2,1-2H3. The van der Waals surface area contributed by atoms with E-state index in [2.05, 4.69) is 11.8 Å². The molecule has 0 saturated heterocycles. The number of ether oxygens (including phenoxy) is 1. The van der Waals surface area contributed by atoms with Gasteiger partial charge in [0.2, 0.25) is 0 Å². The molecule has 4 heteroatoms. The summed E-state index contributed by atoms with van der Waals surface area (Å²) in [6, 6.07) is 15.5. The Labute approximate surface area is 124 Å². The summed E-state index contributed by atoms with van der Waals surface area (Å²) in [5.41, 5.74) is 8.45. The Morgan fingerprint density at radius 2 is 1.70 bits per heavy atom. The topological polar surface area (TPSA) is 38.5 Å². The van der Waals surface area contributed by atoms with Crippen LogP contribution >= 0.6 is 11.6 Å². The molecule has 1 atom stereocenters. The maximum Gasteiger partial charge on any atom is 0.119 e. The lowest BCUT2D eigenvalue weighted by Gasteiger charge is -2.30. The van der Waals surface area contributed by atoms with Crippen molar-refractivity contribution in [3.05, 3.63) is 59.1 Å². The molecule has 0 heterocycles. The summed E-state index contributed by atoms with van der Waals surface area (Å²) in [4.78, 5) is 2.13. The summed E-state index contributed by atoms with van der Waals surface area (Å²) in [7, 11) is 1.66. The van der Waals surface area contributed by atoms with E-state index in [4.69, 9.17) is 22.1 Å². The minimum atomic E-state index is -0.203. The van der Waals surface area contributed by atoms with Crippen LogP contribution in [0.3, 0.4) is 0 Å². The molecule has 0 radical (unpaired) electrons. The Balaban J connectivity index is 2.23. The molecule has 0 aliphatic heterocycles. The first-order valence-corrected chi connectivity index (χ1v) is 6.95. The second kappa shape index (κ2) is 6.64. The number of hydrogen-bond donors (Lipinski definition) is 1. The van der Waals surface area contributed by atoms with Gasteiger partial charge in [-0.1, -0.05) is 23.7 Å². The number of halogens is 1. The quantitative estimate of drug-likeness (QED) is 0.851. The Bertz CT molecular complexity index is 539. The summed E-state index contributed by atoms with van der Waals surface area (Å²) >= 11 is 5.91. The Hall–Kier alpha value is -1.71. The third-order valence-corrected chi connectivity index (χ3v) is 3.54. The highest BCUT2D eigenvalue weighted by Crippen LogP contribution is 2.26. The average molecular weight is 291 g/mol. The zero-order chi connectivity index (χ0) is 14.5. The van der Waals surface area contributed by atoms with E-state index >= 15 is 0 Å². The van der Waals surface area contributed by atoms with Crippen molar-refractivity contribution in [2.75, 3.05) is 18.6 Å². The van der Waals surface area contributed by atoms with E-state index in [-0.39, 0.29) is 6.17 Å². The molecule has 3 nitrogen and oxygen atoms in total. The van der Waals surface area contributed by atoms with Crippen molar-refractivity contribution < 1.29 is 4.74 Å². The van der Waals surface area contributed by atoms with Crippen molar-refractivity contribution >= 4 is 17.3 Å². The zero-order valence-electron chi connectivity index (χ0n) is 11.7. The molecule has 0 fully saturated rings. The van der Waals surface area contributed by atoms with Crippen molar-refractivity contribution in [3.8, 4) is 5.75 Å². The molecule has 0 bridgehead atoms. The van der Waals surface area contributed by atoms with Gasteiger partial charge in [0.05, 0.1) is 7.11 Å². The molecule has 0 amide bonds. The molecule has 2 aromatic rings. The van der Waals surface area contributed by atoms with Crippen LogP contribution in [0.15, 0.2) is 48.5 Å². The highest BCUT2D eigenvalue weighted by Gasteiger charge is 2.15. The Morgan fingerprint density at radius 3 is 2.20 bits per heavy atom. The first-order chi connectivity index (χ1) is 9.65. The zero-order valence-corrected chi connectivity index (χ0v) is 12.5. The molecule has 0 saturated carbocycles. The predicted molar refractivity (Wildman–Crippen MR) is 84.4 cm³/mol. The van der Waals surface area contributed by atoms with Crippen LogP contribution in [-0.4, -0.2) is 13.7 Å². The summed E-state index contributed by atoms with van der Waals surface area (Å²) < 4.78 is 5.18. The van der Waals surface area contributed by atoms with E-state index in [1.165, 1.54) is 0 Å². The number of nitrogens with two attached hydrogens (primary N) is 1. The van der Waals surface area contributed by atoms with Gasteiger partial charge in [0.15, 0.2) is 0 Å².